The number of carbonyl (C=O) groups is 2. The van der Waals surface area contributed by atoms with Gasteiger partial charge in [0.15, 0.2) is 0 Å². The minimum Gasteiger partial charge on any atom is -0.370 e. The summed E-state index contributed by atoms with van der Waals surface area (Å²) in [5.41, 5.74) is 6.38. The van der Waals surface area contributed by atoms with E-state index in [1.54, 1.807) is 37.1 Å². The van der Waals surface area contributed by atoms with Crippen molar-refractivity contribution in [1.29, 1.82) is 0 Å². The fraction of sp³-hybridized carbons (Fsp3) is 0.500. The number of likely N-dealkylation sites (tertiary alicyclic amines) is 1. The van der Waals surface area contributed by atoms with Gasteiger partial charge in [0.25, 0.3) is 0 Å². The molecule has 0 aromatic heterocycles. The Hall–Kier alpha value is -2.13. The number of rotatable bonds is 10. The molecule has 1 aliphatic carbocycles. The number of hydrogen-bond donors (Lipinski definition) is 1. The molecule has 0 bridgehead atoms. The van der Waals surface area contributed by atoms with Crippen LogP contribution in [0.15, 0.2) is 48.5 Å². The lowest BCUT2D eigenvalue weighted by Gasteiger charge is -2.52. The highest BCUT2D eigenvalue weighted by atomic mass is 35.5. The van der Waals surface area contributed by atoms with Crippen LogP contribution in [-0.2, 0) is 19.6 Å². The third-order valence-corrected chi connectivity index (χ3v) is 10.7. The van der Waals surface area contributed by atoms with Gasteiger partial charge in [-0.05, 0) is 61.1 Å². The van der Waals surface area contributed by atoms with Crippen LogP contribution in [0.1, 0.15) is 69.0 Å². The smallest absolute Gasteiger partial charge is 0.229 e. The second-order valence-electron chi connectivity index (χ2n) is 10.9. The fourth-order valence-corrected chi connectivity index (χ4v) is 7.71. The Labute approximate surface area is 235 Å². The first-order valence-electron chi connectivity index (χ1n) is 12.9. The zero-order chi connectivity index (χ0) is 27.8. The average molecular weight is 581 g/mol. The van der Waals surface area contributed by atoms with Crippen LogP contribution >= 0.6 is 23.2 Å². The number of benzene rings is 2. The third kappa shape index (κ3) is 5.88. The van der Waals surface area contributed by atoms with E-state index in [9.17, 15) is 18.0 Å². The van der Waals surface area contributed by atoms with Gasteiger partial charge in [-0.3, -0.25) is 9.59 Å². The molecule has 2 aromatic carbocycles. The lowest BCUT2D eigenvalue weighted by atomic mass is 9.67. The van der Waals surface area contributed by atoms with Crippen molar-refractivity contribution >= 4 is 45.0 Å². The predicted molar refractivity (Wildman–Crippen MR) is 150 cm³/mol. The van der Waals surface area contributed by atoms with Crippen molar-refractivity contribution < 1.29 is 18.0 Å². The van der Waals surface area contributed by atoms with Crippen molar-refractivity contribution in [1.82, 2.24) is 9.21 Å². The topological polar surface area (TPSA) is 101 Å². The number of primary amides is 1. The average Bonchev–Trinajstić information content (AvgIpc) is 3.70. The Morgan fingerprint density at radius 1 is 1.13 bits per heavy atom. The van der Waals surface area contributed by atoms with E-state index >= 15 is 0 Å². The van der Waals surface area contributed by atoms with Crippen molar-refractivity contribution in [2.24, 2.45) is 11.1 Å². The first-order chi connectivity index (χ1) is 17.9. The second-order valence-corrected chi connectivity index (χ2v) is 14.1. The summed E-state index contributed by atoms with van der Waals surface area (Å²) in [6.45, 7) is 3.88. The quantitative estimate of drug-likeness (QED) is 0.421. The zero-order valence-electron chi connectivity index (χ0n) is 21.9. The minimum atomic E-state index is -3.45. The Morgan fingerprint density at radius 2 is 1.79 bits per heavy atom. The molecule has 206 valence electrons. The maximum Gasteiger partial charge on any atom is 0.229 e. The van der Waals surface area contributed by atoms with Gasteiger partial charge in [-0.25, -0.2) is 12.7 Å². The number of nitrogens with zero attached hydrogens (tertiary/aromatic N) is 2. The molecule has 4 rings (SSSR count). The van der Waals surface area contributed by atoms with E-state index in [0.29, 0.717) is 35.7 Å². The largest absolute Gasteiger partial charge is 0.370 e. The SMILES string of the molecule is CC[C@@H](CN(C)S(=O)(=O)C1CC1)N1C(=O)[C@](C)(CC(N)=O)C[C@H](c2cccc(Cl)c2)[C@H]1c1ccc(Cl)cc1. The number of carbonyl (C=O) groups excluding carboxylic acids is 2. The molecule has 1 saturated heterocycles. The molecule has 2 amide bonds. The van der Waals surface area contributed by atoms with E-state index in [1.807, 2.05) is 37.3 Å². The Kier molecular flexibility index (Phi) is 8.48. The highest BCUT2D eigenvalue weighted by molar-refractivity contribution is 7.90. The number of nitrogens with two attached hydrogens (primary N) is 1. The molecular weight excluding hydrogens is 545 g/mol. The molecular formula is C28H35Cl2N3O4S. The predicted octanol–water partition coefficient (Wildman–Crippen LogP) is 5.13. The molecule has 1 heterocycles. The molecule has 2 fully saturated rings. The van der Waals surface area contributed by atoms with E-state index in [1.165, 1.54) is 4.31 Å². The molecule has 4 atom stereocenters. The summed E-state index contributed by atoms with van der Waals surface area (Å²) in [5.74, 6) is -0.994. The van der Waals surface area contributed by atoms with Gasteiger partial charge in [-0.2, -0.15) is 0 Å². The molecule has 0 spiro atoms. The highest BCUT2D eigenvalue weighted by Gasteiger charge is 2.52. The highest BCUT2D eigenvalue weighted by Crippen LogP contribution is 2.52. The van der Waals surface area contributed by atoms with Crippen molar-refractivity contribution in [3.8, 4) is 0 Å². The molecule has 10 heteroatoms. The van der Waals surface area contributed by atoms with Gasteiger partial charge in [-0.1, -0.05) is 61.3 Å². The fourth-order valence-electron chi connectivity index (χ4n) is 5.77. The first-order valence-corrected chi connectivity index (χ1v) is 15.2. The van der Waals surface area contributed by atoms with Crippen LogP contribution in [-0.4, -0.2) is 54.3 Å². The summed E-state index contributed by atoms with van der Waals surface area (Å²) in [5, 5.41) is 0.788. The Balaban J connectivity index is 1.86. The van der Waals surface area contributed by atoms with Crippen LogP contribution in [0.3, 0.4) is 0 Å². The van der Waals surface area contributed by atoms with Crippen molar-refractivity contribution in [2.75, 3.05) is 13.6 Å². The molecule has 1 aliphatic heterocycles. The van der Waals surface area contributed by atoms with Gasteiger partial charge in [0.2, 0.25) is 21.8 Å². The maximum atomic E-state index is 14.4. The summed E-state index contributed by atoms with van der Waals surface area (Å²) < 4.78 is 27.4. The second kappa shape index (κ2) is 11.2. The summed E-state index contributed by atoms with van der Waals surface area (Å²) in [7, 11) is -1.87. The summed E-state index contributed by atoms with van der Waals surface area (Å²) in [4.78, 5) is 28.3. The molecule has 1 saturated carbocycles. The van der Waals surface area contributed by atoms with Crippen molar-refractivity contribution in [3.63, 3.8) is 0 Å². The van der Waals surface area contributed by atoms with Gasteiger partial charge in [0.05, 0.1) is 16.7 Å². The third-order valence-electron chi connectivity index (χ3n) is 7.87. The van der Waals surface area contributed by atoms with Gasteiger partial charge >= 0.3 is 0 Å². The van der Waals surface area contributed by atoms with Crippen LogP contribution < -0.4 is 5.73 Å². The lowest BCUT2D eigenvalue weighted by Crippen LogP contribution is -2.58. The molecule has 7 nitrogen and oxygen atoms in total. The van der Waals surface area contributed by atoms with E-state index in [2.05, 4.69) is 0 Å². The van der Waals surface area contributed by atoms with Gasteiger partial charge in [-0.15, -0.1) is 0 Å². The lowest BCUT2D eigenvalue weighted by molar-refractivity contribution is -0.157. The zero-order valence-corrected chi connectivity index (χ0v) is 24.3. The monoisotopic (exact) mass is 579 g/mol. The van der Waals surface area contributed by atoms with Crippen LogP contribution in [0, 0.1) is 5.41 Å². The summed E-state index contributed by atoms with van der Waals surface area (Å²) in [6.07, 6.45) is 2.11. The summed E-state index contributed by atoms with van der Waals surface area (Å²) >= 11 is 12.6. The number of hydrogen-bond acceptors (Lipinski definition) is 4. The molecule has 2 N–H and O–H groups in total. The maximum absolute atomic E-state index is 14.4. The van der Waals surface area contributed by atoms with Gasteiger partial charge in [0, 0.05) is 42.0 Å². The molecule has 0 unspecified atom stereocenters. The number of amides is 2. The van der Waals surface area contributed by atoms with Crippen LogP contribution in [0.25, 0.3) is 0 Å². The molecule has 2 aromatic rings. The van der Waals surface area contributed by atoms with E-state index in [4.69, 9.17) is 28.9 Å². The van der Waals surface area contributed by atoms with Gasteiger partial charge in [0.1, 0.15) is 0 Å². The Bertz CT molecular complexity index is 1300. The standard InChI is InChI=1S/C28H35Cl2N3O4S/c1-4-22(17-32(3)38(36,37)23-12-13-23)33-26(18-8-10-20(29)11-9-18)24(19-6-5-7-21(30)14-19)15-28(2,27(33)35)16-25(31)34/h5-11,14,22-24,26H,4,12-13,15-17H2,1-3H3,(H2,31,34)/t22-,24+,26+,28-/m0/s1. The number of likely N-dealkylation sites (N-methyl/N-ethyl adjacent to an activating group) is 1. The van der Waals surface area contributed by atoms with Crippen LogP contribution in [0.4, 0.5) is 0 Å². The Morgan fingerprint density at radius 3 is 2.34 bits per heavy atom. The van der Waals surface area contributed by atoms with E-state index < -0.39 is 33.4 Å². The summed E-state index contributed by atoms with van der Waals surface area (Å²) in [6, 6.07) is 14.0. The van der Waals surface area contributed by atoms with E-state index in [0.717, 1.165) is 11.1 Å². The van der Waals surface area contributed by atoms with Crippen LogP contribution in [0.2, 0.25) is 10.0 Å². The number of piperidine rings is 1. The number of halogens is 2. The molecule has 2 aliphatic rings. The van der Waals surface area contributed by atoms with Crippen LogP contribution in [0.5, 0.6) is 0 Å². The van der Waals surface area contributed by atoms with Crippen molar-refractivity contribution in [2.45, 2.75) is 69.2 Å². The van der Waals surface area contributed by atoms with Crippen molar-refractivity contribution in [3.05, 3.63) is 69.7 Å². The van der Waals surface area contributed by atoms with E-state index in [-0.39, 0.29) is 30.0 Å². The number of sulfonamides is 1. The molecule has 0 radical (unpaired) electrons. The normalized spacial score (nSPS) is 25.0. The molecule has 38 heavy (non-hydrogen) atoms. The minimum absolute atomic E-state index is 0.112. The first kappa shape index (κ1) is 28.9. The van der Waals surface area contributed by atoms with Gasteiger partial charge < -0.3 is 10.6 Å².